The van der Waals surface area contributed by atoms with E-state index in [2.05, 4.69) is 0 Å². The number of hydrogen-bond donors (Lipinski definition) is 1. The van der Waals surface area contributed by atoms with Gasteiger partial charge in [0, 0.05) is 0 Å². The zero-order chi connectivity index (χ0) is 10.5. The first kappa shape index (κ1) is 10.3. The van der Waals surface area contributed by atoms with Crippen LogP contribution in [0.25, 0.3) is 0 Å². The zero-order valence-corrected chi connectivity index (χ0v) is 9.11. The highest BCUT2D eigenvalue weighted by Crippen LogP contribution is 2.26. The van der Waals surface area contributed by atoms with E-state index in [0.717, 1.165) is 11.4 Å². The summed E-state index contributed by atoms with van der Waals surface area (Å²) in [6.45, 7) is 0. The number of para-hydroxylation sites is 2. The first-order chi connectivity index (χ1) is 7.36. The third kappa shape index (κ3) is 2.88. The van der Waals surface area contributed by atoms with Gasteiger partial charge in [0.2, 0.25) is 0 Å². The quantitative estimate of drug-likeness (QED) is 0.593. The smallest absolute Gasteiger partial charge is 0.142 e. The lowest BCUT2D eigenvalue weighted by Gasteiger charge is -2.17. The molecule has 0 bridgehead atoms. The van der Waals surface area contributed by atoms with Crippen LogP contribution in [-0.2, 0) is 0 Å². The Kier molecular flexibility index (Phi) is 3.49. The highest BCUT2D eigenvalue weighted by molar-refractivity contribution is 5.51. The number of nitrogens with two attached hydrogens (primary N) is 1. The van der Waals surface area contributed by atoms with Crippen molar-refractivity contribution < 1.29 is 4.74 Å². The van der Waals surface area contributed by atoms with Gasteiger partial charge in [-0.05, 0) is 37.8 Å². The van der Waals surface area contributed by atoms with E-state index in [1.165, 1.54) is 38.5 Å². The molecule has 15 heavy (non-hydrogen) atoms. The van der Waals surface area contributed by atoms with Gasteiger partial charge in [-0.15, -0.1) is 0 Å². The van der Waals surface area contributed by atoms with Crippen LogP contribution in [0.4, 0.5) is 5.69 Å². The summed E-state index contributed by atoms with van der Waals surface area (Å²) in [5.74, 6) is 0.851. The molecule has 1 aliphatic carbocycles. The average Bonchev–Trinajstić information content (AvgIpc) is 2.50. The molecule has 0 saturated heterocycles. The van der Waals surface area contributed by atoms with Gasteiger partial charge < -0.3 is 10.5 Å². The molecule has 1 aliphatic rings. The molecule has 82 valence electrons. The molecule has 0 aliphatic heterocycles. The fraction of sp³-hybridized carbons (Fsp3) is 0.538. The maximum atomic E-state index is 5.94. The van der Waals surface area contributed by atoms with Gasteiger partial charge in [-0.1, -0.05) is 25.0 Å². The van der Waals surface area contributed by atoms with Crippen molar-refractivity contribution in [3.05, 3.63) is 24.3 Å². The molecule has 2 nitrogen and oxygen atoms in total. The molecular weight excluding hydrogens is 186 g/mol. The number of nitrogen functional groups attached to an aromatic ring is 1. The minimum atomic E-state index is 0.372. The number of anilines is 1. The summed E-state index contributed by atoms with van der Waals surface area (Å²) >= 11 is 0. The van der Waals surface area contributed by atoms with Crippen molar-refractivity contribution in [1.29, 1.82) is 0 Å². The summed E-state index contributed by atoms with van der Waals surface area (Å²) in [6.07, 6.45) is 8.00. The topological polar surface area (TPSA) is 35.2 Å². The minimum absolute atomic E-state index is 0.372. The number of hydrogen-bond acceptors (Lipinski definition) is 2. The van der Waals surface area contributed by atoms with E-state index in [1.54, 1.807) is 0 Å². The van der Waals surface area contributed by atoms with Crippen molar-refractivity contribution in [3.8, 4) is 5.75 Å². The van der Waals surface area contributed by atoms with Gasteiger partial charge in [-0.25, -0.2) is 0 Å². The van der Waals surface area contributed by atoms with E-state index in [4.69, 9.17) is 10.5 Å². The van der Waals surface area contributed by atoms with E-state index >= 15 is 0 Å². The van der Waals surface area contributed by atoms with Crippen molar-refractivity contribution in [2.45, 2.75) is 44.6 Å². The molecule has 1 saturated carbocycles. The summed E-state index contributed by atoms with van der Waals surface area (Å²) in [5, 5.41) is 0. The maximum absolute atomic E-state index is 5.94. The Balaban J connectivity index is 1.98. The second kappa shape index (κ2) is 5.06. The number of benzene rings is 1. The number of rotatable bonds is 2. The molecule has 1 fully saturated rings. The Hall–Kier alpha value is -1.18. The van der Waals surface area contributed by atoms with Crippen LogP contribution < -0.4 is 10.5 Å². The van der Waals surface area contributed by atoms with Crippen LogP contribution in [0.5, 0.6) is 5.75 Å². The molecule has 0 unspecified atom stereocenters. The molecule has 0 radical (unpaired) electrons. The van der Waals surface area contributed by atoms with Gasteiger partial charge in [0.15, 0.2) is 0 Å². The second-order valence-corrected chi connectivity index (χ2v) is 4.27. The normalized spacial score (nSPS) is 18.4. The monoisotopic (exact) mass is 205 g/mol. The molecule has 1 aromatic carbocycles. The lowest BCUT2D eigenvalue weighted by Crippen LogP contribution is -2.15. The summed E-state index contributed by atoms with van der Waals surface area (Å²) < 4.78 is 5.94. The Morgan fingerprint density at radius 2 is 1.67 bits per heavy atom. The fourth-order valence-electron chi connectivity index (χ4n) is 2.13. The first-order valence-corrected chi connectivity index (χ1v) is 5.87. The molecule has 0 atom stereocenters. The van der Waals surface area contributed by atoms with Gasteiger partial charge in [0.25, 0.3) is 0 Å². The van der Waals surface area contributed by atoms with Crippen molar-refractivity contribution >= 4 is 5.69 Å². The van der Waals surface area contributed by atoms with E-state index in [-0.39, 0.29) is 0 Å². The molecule has 1 aromatic rings. The van der Waals surface area contributed by atoms with Gasteiger partial charge in [0.05, 0.1) is 11.8 Å². The molecule has 0 aromatic heterocycles. The lowest BCUT2D eigenvalue weighted by molar-refractivity contribution is 0.185. The highest BCUT2D eigenvalue weighted by Gasteiger charge is 2.14. The van der Waals surface area contributed by atoms with Gasteiger partial charge in [-0.3, -0.25) is 0 Å². The van der Waals surface area contributed by atoms with Crippen LogP contribution in [-0.4, -0.2) is 6.10 Å². The van der Waals surface area contributed by atoms with Crippen LogP contribution >= 0.6 is 0 Å². The van der Waals surface area contributed by atoms with E-state index in [0.29, 0.717) is 6.10 Å². The molecule has 2 rings (SSSR count). The second-order valence-electron chi connectivity index (χ2n) is 4.27. The predicted octanol–water partition coefficient (Wildman–Crippen LogP) is 3.37. The Morgan fingerprint density at radius 3 is 2.33 bits per heavy atom. The minimum Gasteiger partial charge on any atom is -0.488 e. The molecule has 0 amide bonds. The van der Waals surface area contributed by atoms with E-state index in [9.17, 15) is 0 Å². The largest absolute Gasteiger partial charge is 0.488 e. The van der Waals surface area contributed by atoms with Gasteiger partial charge in [0.1, 0.15) is 5.75 Å². The maximum Gasteiger partial charge on any atom is 0.142 e. The predicted molar refractivity (Wildman–Crippen MR) is 63.0 cm³/mol. The van der Waals surface area contributed by atoms with Crippen LogP contribution in [0.3, 0.4) is 0 Å². The Bertz CT molecular complexity index is 303. The van der Waals surface area contributed by atoms with Crippen molar-refractivity contribution in [1.82, 2.24) is 0 Å². The van der Waals surface area contributed by atoms with Crippen molar-refractivity contribution in [2.75, 3.05) is 5.73 Å². The standard InChI is InChI=1S/C13H19NO/c14-12-9-5-6-10-13(12)15-11-7-3-1-2-4-8-11/h5-6,9-11H,1-4,7-8,14H2. The Morgan fingerprint density at radius 1 is 1.00 bits per heavy atom. The van der Waals surface area contributed by atoms with Crippen LogP contribution in [0.2, 0.25) is 0 Å². The lowest BCUT2D eigenvalue weighted by atomic mass is 10.1. The summed E-state index contributed by atoms with van der Waals surface area (Å²) in [4.78, 5) is 0. The van der Waals surface area contributed by atoms with Crippen molar-refractivity contribution in [2.24, 2.45) is 0 Å². The molecule has 2 heteroatoms. The Labute approximate surface area is 91.4 Å². The fourth-order valence-corrected chi connectivity index (χ4v) is 2.13. The summed E-state index contributed by atoms with van der Waals surface area (Å²) in [7, 11) is 0. The van der Waals surface area contributed by atoms with Crippen LogP contribution in [0.15, 0.2) is 24.3 Å². The summed E-state index contributed by atoms with van der Waals surface area (Å²) in [6, 6.07) is 7.77. The third-order valence-corrected chi connectivity index (χ3v) is 3.01. The van der Waals surface area contributed by atoms with E-state index < -0.39 is 0 Å². The first-order valence-electron chi connectivity index (χ1n) is 5.87. The average molecular weight is 205 g/mol. The highest BCUT2D eigenvalue weighted by atomic mass is 16.5. The number of ether oxygens (including phenoxy) is 1. The zero-order valence-electron chi connectivity index (χ0n) is 9.11. The van der Waals surface area contributed by atoms with Crippen LogP contribution in [0.1, 0.15) is 38.5 Å². The molecule has 0 spiro atoms. The molecular formula is C13H19NO. The summed E-state index contributed by atoms with van der Waals surface area (Å²) in [5.41, 5.74) is 6.60. The molecule has 2 N–H and O–H groups in total. The third-order valence-electron chi connectivity index (χ3n) is 3.01. The van der Waals surface area contributed by atoms with Gasteiger partial charge >= 0.3 is 0 Å². The molecule has 0 heterocycles. The van der Waals surface area contributed by atoms with Crippen LogP contribution in [0, 0.1) is 0 Å². The SMILES string of the molecule is Nc1ccccc1OC1CCCCCC1. The van der Waals surface area contributed by atoms with Gasteiger partial charge in [-0.2, -0.15) is 0 Å². The van der Waals surface area contributed by atoms with Crippen molar-refractivity contribution in [3.63, 3.8) is 0 Å². The van der Waals surface area contributed by atoms with E-state index in [1.807, 2.05) is 24.3 Å².